The molecule has 2 aromatic rings. The molecule has 1 N–H and O–H groups in total. The van der Waals surface area contributed by atoms with Crippen molar-refractivity contribution >= 4 is 23.4 Å². The number of Topliss-reactive ketones (excluding diaryl/α,β-unsaturated/α-hetero) is 1. The Balaban J connectivity index is 1.55. The second-order valence-electron chi connectivity index (χ2n) is 7.26. The van der Waals surface area contributed by atoms with Gasteiger partial charge in [-0.15, -0.1) is 0 Å². The third-order valence-electron chi connectivity index (χ3n) is 5.46. The minimum absolute atomic E-state index is 0.00695. The zero-order valence-corrected chi connectivity index (χ0v) is 16.0. The SMILES string of the molecule is Cc1c(C(=O)OC[C@@H]2CCCO2)[nH]c2c1C(=O)C[C@H](c1ccccc1Cl)C2. The predicted molar refractivity (Wildman–Crippen MR) is 102 cm³/mol. The van der Waals surface area contributed by atoms with E-state index in [0.29, 0.717) is 34.7 Å². The molecule has 2 atom stereocenters. The second kappa shape index (κ2) is 7.49. The Bertz CT molecular complexity index is 882. The van der Waals surface area contributed by atoms with E-state index in [2.05, 4.69) is 4.98 Å². The van der Waals surface area contributed by atoms with Crippen molar-refractivity contribution in [3.05, 3.63) is 57.4 Å². The summed E-state index contributed by atoms with van der Waals surface area (Å²) in [5.74, 6) is -0.389. The highest BCUT2D eigenvalue weighted by atomic mass is 35.5. The molecule has 0 amide bonds. The number of aromatic amines is 1. The van der Waals surface area contributed by atoms with Gasteiger partial charge >= 0.3 is 5.97 Å². The first-order chi connectivity index (χ1) is 13.0. The zero-order chi connectivity index (χ0) is 19.0. The maximum absolute atomic E-state index is 12.8. The number of ether oxygens (including phenoxy) is 2. The van der Waals surface area contributed by atoms with Crippen LogP contribution in [-0.4, -0.2) is 36.1 Å². The van der Waals surface area contributed by atoms with Gasteiger partial charge in [-0.1, -0.05) is 29.8 Å². The molecule has 6 heteroatoms. The smallest absolute Gasteiger partial charge is 0.355 e. The number of carbonyl (C=O) groups excluding carboxylic acids is 2. The van der Waals surface area contributed by atoms with Crippen LogP contribution in [0.2, 0.25) is 5.02 Å². The van der Waals surface area contributed by atoms with E-state index in [1.165, 1.54) is 0 Å². The predicted octanol–water partition coefficient (Wildman–Crippen LogP) is 4.23. The Morgan fingerprint density at radius 1 is 1.33 bits per heavy atom. The zero-order valence-electron chi connectivity index (χ0n) is 15.2. The number of fused-ring (bicyclic) bond motifs is 1. The van der Waals surface area contributed by atoms with Crippen LogP contribution in [0.15, 0.2) is 24.3 Å². The van der Waals surface area contributed by atoms with E-state index >= 15 is 0 Å². The van der Waals surface area contributed by atoms with Crippen molar-refractivity contribution in [2.45, 2.75) is 44.6 Å². The van der Waals surface area contributed by atoms with Gasteiger partial charge in [0.1, 0.15) is 12.3 Å². The topological polar surface area (TPSA) is 68.4 Å². The molecule has 1 aromatic heterocycles. The van der Waals surface area contributed by atoms with E-state index in [4.69, 9.17) is 21.1 Å². The quantitative estimate of drug-likeness (QED) is 0.797. The molecule has 2 heterocycles. The molecule has 5 nitrogen and oxygen atoms in total. The Kier molecular flexibility index (Phi) is 5.06. The fraction of sp³-hybridized carbons (Fsp3) is 0.429. The summed E-state index contributed by atoms with van der Waals surface area (Å²) in [6.45, 7) is 2.76. The van der Waals surface area contributed by atoms with Crippen LogP contribution in [-0.2, 0) is 15.9 Å². The number of benzene rings is 1. The lowest BCUT2D eigenvalue weighted by Gasteiger charge is -2.22. The number of hydrogen-bond donors (Lipinski definition) is 1. The lowest BCUT2D eigenvalue weighted by Crippen LogP contribution is -2.19. The summed E-state index contributed by atoms with van der Waals surface area (Å²) in [5.41, 5.74) is 3.42. The highest BCUT2D eigenvalue weighted by Crippen LogP contribution is 2.37. The van der Waals surface area contributed by atoms with E-state index in [0.717, 1.165) is 30.7 Å². The molecule has 0 spiro atoms. The number of H-pyrrole nitrogens is 1. The molecule has 1 aliphatic carbocycles. The van der Waals surface area contributed by atoms with Gasteiger partial charge in [-0.05, 0) is 49.3 Å². The third kappa shape index (κ3) is 3.54. The number of nitrogens with one attached hydrogen (secondary N) is 1. The largest absolute Gasteiger partial charge is 0.458 e. The molecule has 2 aliphatic rings. The maximum Gasteiger partial charge on any atom is 0.355 e. The Hall–Kier alpha value is -2.11. The van der Waals surface area contributed by atoms with Crippen LogP contribution >= 0.6 is 11.6 Å². The van der Waals surface area contributed by atoms with Crippen LogP contribution in [0.25, 0.3) is 0 Å². The number of carbonyl (C=O) groups is 2. The van der Waals surface area contributed by atoms with Gasteiger partial charge in [0.25, 0.3) is 0 Å². The van der Waals surface area contributed by atoms with E-state index < -0.39 is 5.97 Å². The molecule has 0 saturated carbocycles. The highest BCUT2D eigenvalue weighted by Gasteiger charge is 2.33. The van der Waals surface area contributed by atoms with E-state index in [-0.39, 0.29) is 24.4 Å². The standard InChI is InChI=1S/C21H22ClNO4/c1-12-19-17(23-20(12)21(25)27-11-14-5-4-8-26-14)9-13(10-18(19)24)15-6-2-3-7-16(15)22/h2-3,6-7,13-14,23H,4-5,8-11H2,1H3/t13-,14+/m1/s1. The number of rotatable bonds is 4. The average Bonchev–Trinajstić information content (AvgIpc) is 3.28. The molecular weight excluding hydrogens is 366 g/mol. The number of halogens is 1. The molecule has 142 valence electrons. The van der Waals surface area contributed by atoms with E-state index in [1.807, 2.05) is 24.3 Å². The van der Waals surface area contributed by atoms with Crippen LogP contribution in [0.5, 0.6) is 0 Å². The Morgan fingerprint density at radius 2 is 2.15 bits per heavy atom. The lowest BCUT2D eigenvalue weighted by atomic mass is 9.81. The van der Waals surface area contributed by atoms with E-state index in [9.17, 15) is 9.59 Å². The summed E-state index contributed by atoms with van der Waals surface area (Å²) >= 11 is 6.32. The van der Waals surface area contributed by atoms with Crippen LogP contribution in [0.3, 0.4) is 0 Å². The first-order valence-electron chi connectivity index (χ1n) is 9.32. The normalized spacial score (nSPS) is 21.9. The monoisotopic (exact) mass is 387 g/mol. The number of ketones is 1. The van der Waals surface area contributed by atoms with Gasteiger partial charge in [-0.3, -0.25) is 4.79 Å². The minimum Gasteiger partial charge on any atom is -0.458 e. The number of aromatic nitrogens is 1. The molecule has 1 saturated heterocycles. The van der Waals surface area contributed by atoms with Crippen molar-refractivity contribution < 1.29 is 19.1 Å². The lowest BCUT2D eigenvalue weighted by molar-refractivity contribution is 0.0156. The highest BCUT2D eigenvalue weighted by molar-refractivity contribution is 6.31. The van der Waals surface area contributed by atoms with Crippen molar-refractivity contribution in [3.8, 4) is 0 Å². The summed E-state index contributed by atoms with van der Waals surface area (Å²) < 4.78 is 10.9. The first-order valence-corrected chi connectivity index (χ1v) is 9.70. The molecule has 0 unspecified atom stereocenters. The fourth-order valence-electron chi connectivity index (χ4n) is 4.08. The summed E-state index contributed by atoms with van der Waals surface area (Å²) in [6.07, 6.45) is 2.91. The molecule has 27 heavy (non-hydrogen) atoms. The molecule has 0 bridgehead atoms. The van der Waals surface area contributed by atoms with Gasteiger partial charge in [-0.2, -0.15) is 0 Å². The van der Waals surface area contributed by atoms with Crippen molar-refractivity contribution in [2.75, 3.05) is 13.2 Å². The Labute approximate surface area is 163 Å². The van der Waals surface area contributed by atoms with Gasteiger partial charge in [0.15, 0.2) is 5.78 Å². The molecule has 1 fully saturated rings. The van der Waals surface area contributed by atoms with Gasteiger partial charge < -0.3 is 14.5 Å². The minimum atomic E-state index is -0.431. The first kappa shape index (κ1) is 18.3. The van der Waals surface area contributed by atoms with Crippen LogP contribution < -0.4 is 0 Å². The molecule has 1 aliphatic heterocycles. The maximum atomic E-state index is 12.8. The third-order valence-corrected chi connectivity index (χ3v) is 5.81. The summed E-state index contributed by atoms with van der Waals surface area (Å²) in [7, 11) is 0. The van der Waals surface area contributed by atoms with Crippen molar-refractivity contribution in [1.29, 1.82) is 0 Å². The van der Waals surface area contributed by atoms with Crippen molar-refractivity contribution in [2.24, 2.45) is 0 Å². The second-order valence-corrected chi connectivity index (χ2v) is 7.67. The molecule has 4 rings (SSSR count). The van der Waals surface area contributed by atoms with Crippen molar-refractivity contribution in [3.63, 3.8) is 0 Å². The average molecular weight is 388 g/mol. The van der Waals surface area contributed by atoms with Gasteiger partial charge in [-0.25, -0.2) is 4.79 Å². The fourth-order valence-corrected chi connectivity index (χ4v) is 4.37. The van der Waals surface area contributed by atoms with E-state index in [1.54, 1.807) is 6.92 Å². The summed E-state index contributed by atoms with van der Waals surface area (Å²) in [4.78, 5) is 28.4. The van der Waals surface area contributed by atoms with Gasteiger partial charge in [0.05, 0.1) is 6.10 Å². The molecular formula is C21H22ClNO4. The van der Waals surface area contributed by atoms with Crippen molar-refractivity contribution in [1.82, 2.24) is 4.98 Å². The number of esters is 1. The molecule has 1 aromatic carbocycles. The number of hydrogen-bond acceptors (Lipinski definition) is 4. The summed E-state index contributed by atoms with van der Waals surface area (Å²) in [6, 6.07) is 7.60. The van der Waals surface area contributed by atoms with Crippen LogP contribution in [0, 0.1) is 6.92 Å². The van der Waals surface area contributed by atoms with Gasteiger partial charge in [0.2, 0.25) is 0 Å². The molecule has 0 radical (unpaired) electrons. The van der Waals surface area contributed by atoms with Crippen LogP contribution in [0.1, 0.15) is 62.8 Å². The van der Waals surface area contributed by atoms with Crippen LogP contribution in [0.4, 0.5) is 0 Å². The Morgan fingerprint density at radius 3 is 2.89 bits per heavy atom. The van der Waals surface area contributed by atoms with Gasteiger partial charge in [0, 0.05) is 29.3 Å². The summed E-state index contributed by atoms with van der Waals surface area (Å²) in [5, 5.41) is 0.665.